The van der Waals surface area contributed by atoms with Gasteiger partial charge in [-0.3, -0.25) is 9.78 Å². The molecule has 0 unspecified atom stereocenters. The summed E-state index contributed by atoms with van der Waals surface area (Å²) in [7, 11) is 0. The number of esters is 1. The fourth-order valence-corrected chi connectivity index (χ4v) is 2.10. The van der Waals surface area contributed by atoms with Crippen molar-refractivity contribution in [3.63, 3.8) is 0 Å². The van der Waals surface area contributed by atoms with Crippen LogP contribution in [0.15, 0.2) is 30.6 Å². The number of carbonyl (C=O) groups excluding carboxylic acids is 2. The second-order valence-corrected chi connectivity index (χ2v) is 5.75. The summed E-state index contributed by atoms with van der Waals surface area (Å²) in [4.78, 5) is 31.6. The number of carbonyl (C=O) groups is 2. The van der Waals surface area contributed by atoms with E-state index in [4.69, 9.17) is 4.74 Å². The number of aromatic nitrogens is 2. The predicted octanol–water partition coefficient (Wildman–Crippen LogP) is 2.44. The fourth-order valence-electron chi connectivity index (χ4n) is 2.10. The minimum atomic E-state index is -0.670. The summed E-state index contributed by atoms with van der Waals surface area (Å²) >= 11 is 0. The Balaban J connectivity index is 1.87. The first-order valence-corrected chi connectivity index (χ1v) is 7.69. The van der Waals surface area contributed by atoms with Crippen molar-refractivity contribution in [2.24, 2.45) is 0 Å². The molecule has 1 aromatic carbocycles. The number of ether oxygens (including phenoxy) is 1. The summed E-state index contributed by atoms with van der Waals surface area (Å²) in [5, 5.41) is 2.81. The van der Waals surface area contributed by atoms with Crippen LogP contribution in [0.1, 0.15) is 45.8 Å². The van der Waals surface area contributed by atoms with Crippen LogP contribution < -0.4 is 5.32 Å². The number of nitrogens with one attached hydrogen (secondary N) is 1. The lowest BCUT2D eigenvalue weighted by Gasteiger charge is -2.15. The summed E-state index contributed by atoms with van der Waals surface area (Å²) in [5.41, 5.74) is 4.15. The van der Waals surface area contributed by atoms with Crippen molar-refractivity contribution in [1.29, 1.82) is 0 Å². The van der Waals surface area contributed by atoms with Gasteiger partial charge < -0.3 is 10.1 Å². The number of benzene rings is 1. The minimum absolute atomic E-state index is 0.0793. The molecule has 126 valence electrons. The molecule has 2 rings (SSSR count). The highest BCUT2D eigenvalue weighted by atomic mass is 16.5. The van der Waals surface area contributed by atoms with Crippen LogP contribution in [-0.2, 0) is 9.53 Å². The summed E-state index contributed by atoms with van der Waals surface area (Å²) in [6, 6.07) is 5.85. The van der Waals surface area contributed by atoms with Crippen molar-refractivity contribution in [2.45, 2.75) is 33.7 Å². The molecule has 1 atom stereocenters. The smallest absolute Gasteiger partial charge is 0.359 e. The predicted molar refractivity (Wildman–Crippen MR) is 89.5 cm³/mol. The molecule has 0 saturated heterocycles. The Hall–Kier alpha value is -2.76. The van der Waals surface area contributed by atoms with Gasteiger partial charge in [-0.25, -0.2) is 9.78 Å². The third-order valence-electron chi connectivity index (χ3n) is 3.73. The summed E-state index contributed by atoms with van der Waals surface area (Å²) < 4.78 is 4.96. The molecule has 6 heteroatoms. The molecule has 1 aromatic heterocycles. The Labute approximate surface area is 141 Å². The van der Waals surface area contributed by atoms with Crippen LogP contribution in [0.3, 0.4) is 0 Å². The Kier molecular flexibility index (Phi) is 5.63. The van der Waals surface area contributed by atoms with Crippen molar-refractivity contribution in [1.82, 2.24) is 15.3 Å². The molecule has 0 aliphatic heterocycles. The number of hydrogen-bond acceptors (Lipinski definition) is 5. The first-order valence-electron chi connectivity index (χ1n) is 7.69. The first kappa shape index (κ1) is 17.6. The number of amides is 1. The lowest BCUT2D eigenvalue weighted by Crippen LogP contribution is -2.31. The average molecular weight is 327 g/mol. The summed E-state index contributed by atoms with van der Waals surface area (Å²) in [6.07, 6.45) is 2.80. The van der Waals surface area contributed by atoms with Crippen molar-refractivity contribution >= 4 is 11.9 Å². The second-order valence-electron chi connectivity index (χ2n) is 5.75. The molecule has 0 spiro atoms. The van der Waals surface area contributed by atoms with Crippen LogP contribution in [0.25, 0.3) is 0 Å². The van der Waals surface area contributed by atoms with E-state index < -0.39 is 5.97 Å². The van der Waals surface area contributed by atoms with Crippen LogP contribution in [-0.4, -0.2) is 28.5 Å². The third-order valence-corrected chi connectivity index (χ3v) is 3.73. The van der Waals surface area contributed by atoms with Crippen molar-refractivity contribution in [2.75, 3.05) is 6.61 Å². The van der Waals surface area contributed by atoms with Gasteiger partial charge in [-0.1, -0.05) is 18.2 Å². The van der Waals surface area contributed by atoms with E-state index >= 15 is 0 Å². The number of rotatable bonds is 5. The number of aryl methyl sites for hydroxylation is 3. The lowest BCUT2D eigenvalue weighted by atomic mass is 10.0. The maximum Gasteiger partial charge on any atom is 0.359 e. The maximum atomic E-state index is 11.9. The topological polar surface area (TPSA) is 81.2 Å². The van der Waals surface area contributed by atoms with Crippen molar-refractivity contribution in [3.8, 4) is 0 Å². The molecule has 1 amide bonds. The van der Waals surface area contributed by atoms with Crippen LogP contribution in [0.2, 0.25) is 0 Å². The zero-order valence-corrected chi connectivity index (χ0v) is 14.3. The van der Waals surface area contributed by atoms with Gasteiger partial charge in [-0.05, 0) is 44.4 Å². The normalized spacial score (nSPS) is 11.7. The van der Waals surface area contributed by atoms with Gasteiger partial charge in [0.1, 0.15) is 0 Å². The van der Waals surface area contributed by atoms with E-state index in [0.717, 1.165) is 11.1 Å². The molecule has 0 aliphatic carbocycles. The number of nitrogens with zero attached hydrogens (tertiary/aromatic N) is 2. The number of hydrogen-bond donors (Lipinski definition) is 1. The highest BCUT2D eigenvalue weighted by molar-refractivity contribution is 5.89. The molecule has 6 nitrogen and oxygen atoms in total. The molecule has 1 N–H and O–H groups in total. The van der Waals surface area contributed by atoms with E-state index in [1.807, 2.05) is 39.0 Å². The van der Waals surface area contributed by atoms with Gasteiger partial charge in [0.15, 0.2) is 12.3 Å². The molecule has 0 saturated carbocycles. The second kappa shape index (κ2) is 7.68. The first-order chi connectivity index (χ1) is 11.4. The van der Waals surface area contributed by atoms with Gasteiger partial charge in [0.2, 0.25) is 0 Å². The highest BCUT2D eigenvalue weighted by Gasteiger charge is 2.14. The Morgan fingerprint density at radius 2 is 1.88 bits per heavy atom. The minimum Gasteiger partial charge on any atom is -0.451 e. The van der Waals surface area contributed by atoms with Crippen molar-refractivity contribution in [3.05, 3.63) is 58.7 Å². The SMILES string of the molecule is Cc1cnc(C(=O)OCC(=O)N[C@H](C)c2ccc(C)c(C)c2)cn1. The Morgan fingerprint density at radius 1 is 1.12 bits per heavy atom. The zero-order chi connectivity index (χ0) is 17.7. The summed E-state index contributed by atoms with van der Waals surface area (Å²) in [6.45, 7) is 7.36. The standard InChI is InChI=1S/C18H21N3O3/c1-11-5-6-15(7-12(11)2)14(4)21-17(22)10-24-18(23)16-9-19-13(3)8-20-16/h5-9,14H,10H2,1-4H3,(H,21,22)/t14-/m1/s1. The molecule has 0 bridgehead atoms. The van der Waals surface area contributed by atoms with E-state index in [2.05, 4.69) is 15.3 Å². The molecule has 0 fully saturated rings. The quantitative estimate of drug-likeness (QED) is 0.853. The average Bonchev–Trinajstić information content (AvgIpc) is 2.55. The van der Waals surface area contributed by atoms with Crippen LogP contribution in [0.5, 0.6) is 0 Å². The van der Waals surface area contributed by atoms with Crippen LogP contribution in [0, 0.1) is 20.8 Å². The van der Waals surface area contributed by atoms with Gasteiger partial charge in [0.05, 0.1) is 17.9 Å². The molecular weight excluding hydrogens is 306 g/mol. The van der Waals surface area contributed by atoms with Gasteiger partial charge in [0, 0.05) is 6.20 Å². The lowest BCUT2D eigenvalue weighted by molar-refractivity contribution is -0.124. The van der Waals surface area contributed by atoms with Gasteiger partial charge >= 0.3 is 5.97 Å². The van der Waals surface area contributed by atoms with E-state index in [0.29, 0.717) is 5.69 Å². The Morgan fingerprint density at radius 3 is 2.50 bits per heavy atom. The van der Waals surface area contributed by atoms with Crippen LogP contribution in [0.4, 0.5) is 0 Å². The molecule has 24 heavy (non-hydrogen) atoms. The van der Waals surface area contributed by atoms with E-state index in [-0.39, 0.29) is 24.2 Å². The molecule has 0 radical (unpaired) electrons. The highest BCUT2D eigenvalue weighted by Crippen LogP contribution is 2.16. The van der Waals surface area contributed by atoms with E-state index in [1.54, 1.807) is 6.92 Å². The van der Waals surface area contributed by atoms with E-state index in [9.17, 15) is 9.59 Å². The fraction of sp³-hybridized carbons (Fsp3) is 0.333. The maximum absolute atomic E-state index is 11.9. The molecule has 1 heterocycles. The third kappa shape index (κ3) is 4.62. The van der Waals surface area contributed by atoms with Crippen molar-refractivity contribution < 1.29 is 14.3 Å². The van der Waals surface area contributed by atoms with Crippen LogP contribution >= 0.6 is 0 Å². The van der Waals surface area contributed by atoms with Gasteiger partial charge in [0.25, 0.3) is 5.91 Å². The largest absolute Gasteiger partial charge is 0.451 e. The Bertz CT molecular complexity index is 742. The molecule has 2 aromatic rings. The van der Waals surface area contributed by atoms with Gasteiger partial charge in [-0.2, -0.15) is 0 Å². The monoisotopic (exact) mass is 327 g/mol. The summed E-state index contributed by atoms with van der Waals surface area (Å²) in [5.74, 6) is -1.04. The van der Waals surface area contributed by atoms with Gasteiger partial charge in [-0.15, -0.1) is 0 Å². The molecular formula is C18H21N3O3. The van der Waals surface area contributed by atoms with E-state index in [1.165, 1.54) is 18.0 Å². The molecule has 0 aliphatic rings. The zero-order valence-electron chi connectivity index (χ0n) is 14.3.